The van der Waals surface area contributed by atoms with E-state index in [1.807, 2.05) is 0 Å². The van der Waals surface area contributed by atoms with Crippen LogP contribution in [-0.2, 0) is 0 Å². The minimum atomic E-state index is -1.11. The van der Waals surface area contributed by atoms with Crippen molar-refractivity contribution in [1.82, 2.24) is 9.97 Å². The molecular formula is C12H10N4O3S. The Kier molecular flexibility index (Phi) is 2.79. The van der Waals surface area contributed by atoms with Crippen LogP contribution >= 0.6 is 10.9 Å². The van der Waals surface area contributed by atoms with Crippen LogP contribution in [0.25, 0.3) is 11.0 Å². The number of nitrogens with two attached hydrogens (primary N) is 1. The van der Waals surface area contributed by atoms with Gasteiger partial charge in [-0.1, -0.05) is 0 Å². The van der Waals surface area contributed by atoms with E-state index in [9.17, 15) is 14.9 Å². The van der Waals surface area contributed by atoms with Crippen LogP contribution in [0, 0.1) is 10.1 Å². The quantitative estimate of drug-likeness (QED) is 0.453. The molecule has 0 fully saturated rings. The third-order valence-corrected chi connectivity index (χ3v) is 4.89. The Morgan fingerprint density at radius 1 is 1.50 bits per heavy atom. The average molecular weight is 290 g/mol. The van der Waals surface area contributed by atoms with Crippen LogP contribution in [0.15, 0.2) is 45.8 Å². The van der Waals surface area contributed by atoms with Gasteiger partial charge < -0.3 is 10.7 Å². The van der Waals surface area contributed by atoms with Gasteiger partial charge in [0, 0.05) is 17.7 Å². The number of pyridine rings is 1. The van der Waals surface area contributed by atoms with Crippen molar-refractivity contribution in [3.8, 4) is 0 Å². The second-order valence-electron chi connectivity index (χ2n) is 4.15. The number of H-pyrrole nitrogens is 1. The van der Waals surface area contributed by atoms with Crippen molar-refractivity contribution in [2.24, 2.45) is 5.73 Å². The first kappa shape index (κ1) is 12.4. The number of allylic oxidation sites excluding steroid dienone is 1. The molecule has 1 unspecified atom stereocenters. The van der Waals surface area contributed by atoms with E-state index < -0.39 is 21.7 Å². The second-order valence-corrected chi connectivity index (χ2v) is 5.96. The molecule has 0 spiro atoms. The van der Waals surface area contributed by atoms with Gasteiger partial charge in [0.1, 0.15) is 11.2 Å². The van der Waals surface area contributed by atoms with Crippen LogP contribution in [0.4, 0.5) is 0 Å². The number of nitro groups is 1. The van der Waals surface area contributed by atoms with E-state index in [1.165, 1.54) is 6.08 Å². The number of primary amides is 1. The summed E-state index contributed by atoms with van der Waals surface area (Å²) >= 11 is 0. The molecule has 1 amide bonds. The summed E-state index contributed by atoms with van der Waals surface area (Å²) in [5, 5.41) is 14.0. The maximum atomic E-state index is 11.6. The average Bonchev–Trinajstić information content (AvgIpc) is 3.02. The standard InChI is InChI=1S/C12H10N4O3S/c13-12(17)10-11(9-8(15-10)2-1-4-14-9)20-5-3-7(6-20)16(18)19/h1-6,15,20H,(H2,13,17). The van der Waals surface area contributed by atoms with E-state index in [4.69, 9.17) is 5.73 Å². The first-order chi connectivity index (χ1) is 9.58. The predicted octanol–water partition coefficient (Wildman–Crippen LogP) is 1.67. The lowest BCUT2D eigenvalue weighted by Crippen LogP contribution is -2.12. The van der Waals surface area contributed by atoms with E-state index >= 15 is 0 Å². The van der Waals surface area contributed by atoms with Crippen molar-refractivity contribution in [1.29, 1.82) is 0 Å². The summed E-state index contributed by atoms with van der Waals surface area (Å²) in [6, 6.07) is 3.52. The number of aromatic nitrogens is 2. The van der Waals surface area contributed by atoms with Crippen LogP contribution in [0.1, 0.15) is 10.5 Å². The van der Waals surface area contributed by atoms with E-state index in [0.29, 0.717) is 15.9 Å². The lowest BCUT2D eigenvalue weighted by molar-refractivity contribution is -0.418. The van der Waals surface area contributed by atoms with E-state index in [0.717, 1.165) is 0 Å². The van der Waals surface area contributed by atoms with Gasteiger partial charge in [-0.3, -0.25) is 19.9 Å². The molecule has 1 aliphatic heterocycles. The molecule has 1 aliphatic rings. The number of nitrogens with one attached hydrogen (secondary N) is 1. The lowest BCUT2D eigenvalue weighted by atomic mass is 10.3. The molecule has 2 aromatic heterocycles. The summed E-state index contributed by atoms with van der Waals surface area (Å²) in [7, 11) is -1.11. The minimum Gasteiger partial charge on any atom is -0.364 e. The Morgan fingerprint density at radius 3 is 2.95 bits per heavy atom. The molecule has 3 rings (SSSR count). The van der Waals surface area contributed by atoms with Gasteiger partial charge in [0.15, 0.2) is 0 Å². The molecule has 0 bridgehead atoms. The highest BCUT2D eigenvalue weighted by Crippen LogP contribution is 2.48. The molecule has 0 aromatic carbocycles. The summed E-state index contributed by atoms with van der Waals surface area (Å²) in [5.74, 6) is -0.600. The highest BCUT2D eigenvalue weighted by molar-refractivity contribution is 8.22. The summed E-state index contributed by atoms with van der Waals surface area (Å²) in [6.07, 6.45) is 3.05. The molecule has 0 saturated carbocycles. The summed E-state index contributed by atoms with van der Waals surface area (Å²) in [5.41, 5.74) is 6.97. The molecule has 3 heterocycles. The lowest BCUT2D eigenvalue weighted by Gasteiger charge is -2.09. The molecule has 20 heavy (non-hydrogen) atoms. The summed E-state index contributed by atoms with van der Waals surface area (Å²) < 4.78 is 0. The van der Waals surface area contributed by atoms with E-state index in [2.05, 4.69) is 9.97 Å². The second kappa shape index (κ2) is 4.49. The van der Waals surface area contributed by atoms with Crippen molar-refractivity contribution < 1.29 is 9.72 Å². The molecule has 3 N–H and O–H groups in total. The topological polar surface area (TPSA) is 115 Å². The molecule has 8 heteroatoms. The molecule has 0 saturated heterocycles. The van der Waals surface area contributed by atoms with Crippen LogP contribution < -0.4 is 5.73 Å². The Morgan fingerprint density at radius 2 is 2.30 bits per heavy atom. The van der Waals surface area contributed by atoms with Gasteiger partial charge >= 0.3 is 0 Å². The largest absolute Gasteiger partial charge is 0.364 e. The number of amides is 1. The van der Waals surface area contributed by atoms with Crippen molar-refractivity contribution in [3.05, 3.63) is 56.7 Å². The number of aromatic amines is 1. The maximum Gasteiger partial charge on any atom is 0.275 e. The molecular weight excluding hydrogens is 280 g/mol. The van der Waals surface area contributed by atoms with Gasteiger partial charge in [-0.05, 0) is 17.5 Å². The summed E-state index contributed by atoms with van der Waals surface area (Å²) in [4.78, 5) is 29.7. The number of nitrogens with zero attached hydrogens (tertiary/aromatic N) is 2. The monoisotopic (exact) mass is 290 g/mol. The fourth-order valence-corrected chi connectivity index (χ4v) is 4.06. The van der Waals surface area contributed by atoms with Crippen LogP contribution in [0.3, 0.4) is 0 Å². The predicted molar refractivity (Wildman–Crippen MR) is 76.1 cm³/mol. The Bertz CT molecular complexity index is 793. The molecule has 7 nitrogen and oxygen atoms in total. The Hall–Kier alpha value is -2.61. The number of hydrogen-bond donors (Lipinski definition) is 3. The van der Waals surface area contributed by atoms with Gasteiger partial charge in [0.25, 0.3) is 11.6 Å². The number of fused-ring (bicyclic) bond motifs is 1. The fraction of sp³-hybridized carbons (Fsp3) is 0. The Labute approximate surface area is 115 Å². The van der Waals surface area contributed by atoms with Gasteiger partial charge in [-0.2, -0.15) is 10.9 Å². The zero-order valence-corrected chi connectivity index (χ0v) is 11.0. The first-order valence-electron chi connectivity index (χ1n) is 5.67. The molecule has 1 atom stereocenters. The smallest absolute Gasteiger partial charge is 0.275 e. The van der Waals surface area contributed by atoms with Gasteiger partial charge in [-0.15, -0.1) is 0 Å². The number of rotatable bonds is 3. The van der Waals surface area contributed by atoms with E-state index in [-0.39, 0.29) is 11.4 Å². The number of carbonyl (C=O) groups is 1. The first-order valence-corrected chi connectivity index (χ1v) is 7.15. The van der Waals surface area contributed by atoms with Crippen LogP contribution in [0.2, 0.25) is 0 Å². The van der Waals surface area contributed by atoms with Gasteiger partial charge in [0.05, 0.1) is 15.3 Å². The zero-order valence-electron chi connectivity index (χ0n) is 10.1. The van der Waals surface area contributed by atoms with Crippen molar-refractivity contribution >= 4 is 27.8 Å². The summed E-state index contributed by atoms with van der Waals surface area (Å²) in [6.45, 7) is 0. The normalized spacial score (nSPS) is 19.2. The zero-order chi connectivity index (χ0) is 14.3. The van der Waals surface area contributed by atoms with Gasteiger partial charge in [0.2, 0.25) is 0 Å². The van der Waals surface area contributed by atoms with E-state index in [1.54, 1.807) is 29.1 Å². The van der Waals surface area contributed by atoms with Crippen molar-refractivity contribution in [2.45, 2.75) is 4.90 Å². The third kappa shape index (κ3) is 1.86. The molecule has 102 valence electrons. The highest BCUT2D eigenvalue weighted by Gasteiger charge is 2.24. The van der Waals surface area contributed by atoms with Gasteiger partial charge in [-0.25, -0.2) is 0 Å². The molecule has 2 aromatic rings. The minimum absolute atomic E-state index is 0.0248. The number of carbonyl (C=O) groups excluding carboxylic acids is 1. The number of thiol groups is 1. The third-order valence-electron chi connectivity index (χ3n) is 2.92. The Balaban J connectivity index is 2.21. The highest BCUT2D eigenvalue weighted by atomic mass is 32.2. The maximum absolute atomic E-state index is 11.6. The fourth-order valence-electron chi connectivity index (χ4n) is 2.07. The molecule has 0 aliphatic carbocycles. The van der Waals surface area contributed by atoms with Crippen molar-refractivity contribution in [3.63, 3.8) is 0 Å². The van der Waals surface area contributed by atoms with Crippen LogP contribution in [0.5, 0.6) is 0 Å². The van der Waals surface area contributed by atoms with Crippen LogP contribution in [-0.4, -0.2) is 20.8 Å². The SMILES string of the molecule is NC(=O)c1[nH]c2cccnc2c1[SH]1C=CC([N+](=O)[O-])=C1. The molecule has 0 radical (unpaired) electrons. The van der Waals surface area contributed by atoms with Crippen molar-refractivity contribution in [2.75, 3.05) is 0 Å². The number of hydrogen-bond acceptors (Lipinski definition) is 4.